The van der Waals surface area contributed by atoms with E-state index in [2.05, 4.69) is 5.43 Å². The van der Waals surface area contributed by atoms with Crippen molar-refractivity contribution in [1.29, 1.82) is 0 Å². The number of anilines is 1. The Morgan fingerprint density at radius 3 is 2.48 bits per heavy atom. The average Bonchev–Trinajstić information content (AvgIpc) is 2.53. The highest BCUT2D eigenvalue weighted by Crippen LogP contribution is 2.23. The van der Waals surface area contributed by atoms with E-state index in [0.29, 0.717) is 6.54 Å². The fraction of sp³-hybridized carbons (Fsp3) is 0.188. The van der Waals surface area contributed by atoms with Crippen LogP contribution in [0.2, 0.25) is 5.02 Å². The maximum atomic E-state index is 12.4. The Morgan fingerprint density at radius 1 is 1.26 bits per heavy atom. The first kappa shape index (κ1) is 16.8. The lowest BCUT2D eigenvalue weighted by Gasteiger charge is -2.24. The third-order valence-corrected chi connectivity index (χ3v) is 3.53. The molecule has 0 atom stereocenters. The van der Waals surface area contributed by atoms with Gasteiger partial charge in [-0.2, -0.15) is 0 Å². The molecule has 0 fully saturated rings. The molecule has 0 aliphatic rings. The molecule has 0 bridgehead atoms. The molecule has 0 saturated heterocycles. The van der Waals surface area contributed by atoms with Gasteiger partial charge in [-0.1, -0.05) is 29.3 Å². The van der Waals surface area contributed by atoms with Gasteiger partial charge >= 0.3 is 0 Å². The Morgan fingerprint density at radius 2 is 1.91 bits per heavy atom. The number of nitrogens with zero attached hydrogens (tertiary/aromatic N) is 2. The van der Waals surface area contributed by atoms with E-state index in [1.165, 1.54) is 18.2 Å². The highest BCUT2D eigenvalue weighted by molar-refractivity contribution is 6.31. The number of carbonyl (C=O) groups excluding carboxylic acids is 1. The number of halogens is 1. The summed E-state index contributed by atoms with van der Waals surface area (Å²) in [5, 5.41) is 12.9. The molecule has 0 heterocycles. The lowest BCUT2D eigenvalue weighted by Crippen LogP contribution is -2.42. The lowest BCUT2D eigenvalue weighted by atomic mass is 10.1. The van der Waals surface area contributed by atoms with Gasteiger partial charge in [-0.25, -0.2) is 0 Å². The zero-order valence-corrected chi connectivity index (χ0v) is 13.5. The van der Waals surface area contributed by atoms with Crippen molar-refractivity contribution in [3.63, 3.8) is 0 Å². The lowest BCUT2D eigenvalue weighted by molar-refractivity contribution is -0.385. The van der Waals surface area contributed by atoms with Crippen LogP contribution in [0.1, 0.15) is 22.8 Å². The van der Waals surface area contributed by atoms with E-state index in [4.69, 9.17) is 11.6 Å². The highest BCUT2D eigenvalue weighted by atomic mass is 35.5. The molecule has 2 aromatic carbocycles. The zero-order valence-electron chi connectivity index (χ0n) is 12.7. The number of nitro groups is 1. The molecule has 2 rings (SSSR count). The maximum Gasteiger partial charge on any atom is 0.282 e. The SMILES string of the molecule is CCN(NC(=O)c1cc(Cl)ccc1[N+](=O)[O-])c1ccc(C)cc1. The van der Waals surface area contributed by atoms with Crippen LogP contribution in [0.15, 0.2) is 42.5 Å². The summed E-state index contributed by atoms with van der Waals surface area (Å²) in [7, 11) is 0. The van der Waals surface area contributed by atoms with Gasteiger partial charge in [0, 0.05) is 17.6 Å². The van der Waals surface area contributed by atoms with E-state index in [9.17, 15) is 14.9 Å². The van der Waals surface area contributed by atoms with Gasteiger partial charge in [0.25, 0.3) is 11.6 Å². The summed E-state index contributed by atoms with van der Waals surface area (Å²) in [6, 6.07) is 11.5. The van der Waals surface area contributed by atoms with Crippen LogP contribution in [0.3, 0.4) is 0 Å². The number of nitro benzene ring substituents is 1. The van der Waals surface area contributed by atoms with Crippen molar-refractivity contribution in [2.45, 2.75) is 13.8 Å². The summed E-state index contributed by atoms with van der Waals surface area (Å²) >= 11 is 5.85. The second-order valence-electron chi connectivity index (χ2n) is 4.94. The topological polar surface area (TPSA) is 75.5 Å². The summed E-state index contributed by atoms with van der Waals surface area (Å²) in [5.74, 6) is -0.582. The van der Waals surface area contributed by atoms with Gasteiger partial charge in [0.15, 0.2) is 0 Å². The first-order valence-corrected chi connectivity index (χ1v) is 7.39. The Balaban J connectivity index is 2.28. The van der Waals surface area contributed by atoms with Crippen LogP contribution in [-0.4, -0.2) is 17.4 Å². The number of rotatable bonds is 5. The molecular formula is C16H16ClN3O3. The van der Waals surface area contributed by atoms with Crippen LogP contribution in [-0.2, 0) is 0 Å². The first-order chi connectivity index (χ1) is 10.9. The molecule has 2 aromatic rings. The third kappa shape index (κ3) is 3.98. The summed E-state index contributed by atoms with van der Waals surface area (Å²) in [6.45, 7) is 4.34. The fourth-order valence-electron chi connectivity index (χ4n) is 2.08. The maximum absolute atomic E-state index is 12.4. The molecule has 0 radical (unpaired) electrons. The van der Waals surface area contributed by atoms with E-state index in [-0.39, 0.29) is 16.3 Å². The molecule has 6 nitrogen and oxygen atoms in total. The summed E-state index contributed by atoms with van der Waals surface area (Å²) < 4.78 is 0. The van der Waals surface area contributed by atoms with Crippen molar-refractivity contribution in [2.24, 2.45) is 0 Å². The van der Waals surface area contributed by atoms with Crippen molar-refractivity contribution >= 4 is 28.9 Å². The third-order valence-electron chi connectivity index (χ3n) is 3.30. The molecule has 120 valence electrons. The fourth-order valence-corrected chi connectivity index (χ4v) is 2.26. The Kier molecular flexibility index (Phi) is 5.18. The number of carbonyl (C=O) groups is 1. The quantitative estimate of drug-likeness (QED) is 0.668. The van der Waals surface area contributed by atoms with Crippen LogP contribution in [0.4, 0.5) is 11.4 Å². The van der Waals surface area contributed by atoms with Gasteiger partial charge in [-0.05, 0) is 38.1 Å². The Bertz CT molecular complexity index is 732. The second-order valence-corrected chi connectivity index (χ2v) is 5.38. The van der Waals surface area contributed by atoms with Gasteiger partial charge in [-0.15, -0.1) is 0 Å². The number of nitrogens with one attached hydrogen (secondary N) is 1. The predicted molar refractivity (Wildman–Crippen MR) is 89.8 cm³/mol. The van der Waals surface area contributed by atoms with Crippen molar-refractivity contribution in [1.82, 2.24) is 5.43 Å². The smallest absolute Gasteiger partial charge is 0.282 e. The standard InChI is InChI=1S/C16H16ClN3O3/c1-3-19(13-7-4-11(2)5-8-13)18-16(21)14-10-12(17)6-9-15(14)20(22)23/h4-10H,3H2,1-2H3,(H,18,21). The van der Waals surface area contributed by atoms with E-state index >= 15 is 0 Å². The molecule has 0 saturated carbocycles. The number of hydrazine groups is 1. The molecule has 23 heavy (non-hydrogen) atoms. The minimum atomic E-state index is -0.604. The predicted octanol–water partition coefficient (Wildman–Crippen LogP) is 3.73. The van der Waals surface area contributed by atoms with E-state index < -0.39 is 10.8 Å². The van der Waals surface area contributed by atoms with Gasteiger partial charge in [0.05, 0.1) is 10.6 Å². The molecule has 7 heteroatoms. The molecule has 1 N–H and O–H groups in total. The summed E-state index contributed by atoms with van der Waals surface area (Å²) in [5.41, 5.74) is 4.20. The molecule has 1 amide bonds. The van der Waals surface area contributed by atoms with Crippen LogP contribution in [0.5, 0.6) is 0 Å². The van der Waals surface area contributed by atoms with Crippen molar-refractivity contribution < 1.29 is 9.72 Å². The zero-order chi connectivity index (χ0) is 17.0. The molecule has 0 unspecified atom stereocenters. The van der Waals surface area contributed by atoms with Crippen LogP contribution in [0, 0.1) is 17.0 Å². The van der Waals surface area contributed by atoms with Crippen LogP contribution < -0.4 is 10.4 Å². The monoisotopic (exact) mass is 333 g/mol. The minimum absolute atomic E-state index is 0.0759. The first-order valence-electron chi connectivity index (χ1n) is 7.01. The molecule has 0 aliphatic carbocycles. The number of hydrogen-bond donors (Lipinski definition) is 1. The number of amides is 1. The number of aryl methyl sites for hydroxylation is 1. The molecule has 0 aliphatic heterocycles. The Hall–Kier alpha value is -2.60. The van der Waals surface area contributed by atoms with Crippen molar-refractivity contribution in [3.05, 3.63) is 68.7 Å². The van der Waals surface area contributed by atoms with Gasteiger partial charge in [0.2, 0.25) is 0 Å². The average molecular weight is 334 g/mol. The molecule has 0 spiro atoms. The van der Waals surface area contributed by atoms with Gasteiger partial charge < -0.3 is 0 Å². The number of benzene rings is 2. The van der Waals surface area contributed by atoms with E-state index in [0.717, 1.165) is 11.3 Å². The van der Waals surface area contributed by atoms with Gasteiger partial charge in [-0.3, -0.25) is 25.3 Å². The van der Waals surface area contributed by atoms with Gasteiger partial charge in [0.1, 0.15) is 5.56 Å². The van der Waals surface area contributed by atoms with E-state index in [1.807, 2.05) is 38.1 Å². The summed E-state index contributed by atoms with van der Waals surface area (Å²) in [4.78, 5) is 22.9. The Labute approximate surface area is 138 Å². The normalized spacial score (nSPS) is 10.2. The number of hydrogen-bond acceptors (Lipinski definition) is 4. The van der Waals surface area contributed by atoms with E-state index in [1.54, 1.807) is 5.01 Å². The molecule has 0 aromatic heterocycles. The largest absolute Gasteiger partial charge is 0.286 e. The van der Waals surface area contributed by atoms with Crippen LogP contribution >= 0.6 is 11.6 Å². The van der Waals surface area contributed by atoms with Crippen molar-refractivity contribution in [3.8, 4) is 0 Å². The second kappa shape index (κ2) is 7.11. The summed E-state index contributed by atoms with van der Waals surface area (Å²) in [6.07, 6.45) is 0. The minimum Gasteiger partial charge on any atom is -0.286 e. The molecular weight excluding hydrogens is 318 g/mol. The highest BCUT2D eigenvalue weighted by Gasteiger charge is 2.22. The van der Waals surface area contributed by atoms with Crippen LogP contribution in [0.25, 0.3) is 0 Å². The van der Waals surface area contributed by atoms with Crippen molar-refractivity contribution in [2.75, 3.05) is 11.6 Å².